The molecular weight excluding hydrogens is 341 g/mol. The maximum atomic E-state index is 12.8. The van der Waals surface area contributed by atoms with E-state index in [4.69, 9.17) is 11.6 Å². The van der Waals surface area contributed by atoms with E-state index in [0.29, 0.717) is 6.54 Å². The first kappa shape index (κ1) is 18.1. The average molecular weight is 357 g/mol. The Hall–Kier alpha value is -2.21. The SMILES string of the molecule is Cc1ccccc1CNC(=O)CNc1ccc(Cl)c(C(F)(F)F)c1. The molecule has 0 radical (unpaired) electrons. The van der Waals surface area contributed by atoms with Crippen molar-refractivity contribution in [2.75, 3.05) is 11.9 Å². The summed E-state index contributed by atoms with van der Waals surface area (Å²) in [5.41, 5.74) is 1.28. The van der Waals surface area contributed by atoms with E-state index >= 15 is 0 Å². The van der Waals surface area contributed by atoms with E-state index in [2.05, 4.69) is 10.6 Å². The molecule has 0 aliphatic heterocycles. The minimum Gasteiger partial charge on any atom is -0.376 e. The van der Waals surface area contributed by atoms with Crippen molar-refractivity contribution in [2.45, 2.75) is 19.6 Å². The summed E-state index contributed by atoms with van der Waals surface area (Å²) in [6, 6.07) is 11.0. The van der Waals surface area contributed by atoms with Crippen LogP contribution < -0.4 is 10.6 Å². The summed E-state index contributed by atoms with van der Waals surface area (Å²) >= 11 is 5.55. The van der Waals surface area contributed by atoms with E-state index in [0.717, 1.165) is 23.3 Å². The highest BCUT2D eigenvalue weighted by Gasteiger charge is 2.33. The summed E-state index contributed by atoms with van der Waals surface area (Å²) in [6.45, 7) is 2.17. The van der Waals surface area contributed by atoms with Gasteiger partial charge in [-0.2, -0.15) is 13.2 Å². The lowest BCUT2D eigenvalue weighted by Gasteiger charge is -2.13. The molecule has 0 fully saturated rings. The number of nitrogens with one attached hydrogen (secondary N) is 2. The number of halogens is 4. The first-order valence-corrected chi connectivity index (χ1v) is 7.57. The Morgan fingerprint density at radius 2 is 1.88 bits per heavy atom. The molecule has 0 saturated heterocycles. The van der Waals surface area contributed by atoms with Gasteiger partial charge in [0.25, 0.3) is 0 Å². The normalized spacial score (nSPS) is 11.2. The van der Waals surface area contributed by atoms with Crippen LogP contribution in [0.3, 0.4) is 0 Å². The van der Waals surface area contributed by atoms with Gasteiger partial charge in [-0.3, -0.25) is 4.79 Å². The molecule has 7 heteroatoms. The van der Waals surface area contributed by atoms with Gasteiger partial charge in [-0.25, -0.2) is 0 Å². The van der Waals surface area contributed by atoms with Gasteiger partial charge >= 0.3 is 6.18 Å². The largest absolute Gasteiger partial charge is 0.417 e. The maximum absolute atomic E-state index is 12.8. The monoisotopic (exact) mass is 356 g/mol. The topological polar surface area (TPSA) is 41.1 Å². The molecule has 0 bridgehead atoms. The summed E-state index contributed by atoms with van der Waals surface area (Å²) < 4.78 is 38.3. The Kier molecular flexibility index (Phi) is 5.72. The molecule has 2 aromatic carbocycles. The molecule has 24 heavy (non-hydrogen) atoms. The van der Waals surface area contributed by atoms with Gasteiger partial charge < -0.3 is 10.6 Å². The quantitative estimate of drug-likeness (QED) is 0.834. The standard InChI is InChI=1S/C17H16ClF3N2O/c1-11-4-2-3-5-12(11)9-23-16(24)10-22-13-6-7-15(18)14(8-13)17(19,20)21/h2-8,22H,9-10H2,1H3,(H,23,24). The van der Waals surface area contributed by atoms with Gasteiger partial charge in [-0.15, -0.1) is 0 Å². The minimum absolute atomic E-state index is 0.134. The third kappa shape index (κ3) is 4.89. The number of carbonyl (C=O) groups excluding carboxylic acids is 1. The molecule has 2 aromatic rings. The van der Waals surface area contributed by atoms with Crippen molar-refractivity contribution >= 4 is 23.2 Å². The fourth-order valence-corrected chi connectivity index (χ4v) is 2.32. The van der Waals surface area contributed by atoms with Crippen LogP contribution >= 0.6 is 11.6 Å². The van der Waals surface area contributed by atoms with Gasteiger partial charge in [0, 0.05) is 12.2 Å². The zero-order chi connectivity index (χ0) is 17.7. The number of anilines is 1. The smallest absolute Gasteiger partial charge is 0.376 e. The number of hydrogen-bond acceptors (Lipinski definition) is 2. The predicted molar refractivity (Wildman–Crippen MR) is 88.0 cm³/mol. The highest BCUT2D eigenvalue weighted by molar-refractivity contribution is 6.31. The molecule has 0 unspecified atom stereocenters. The first-order valence-electron chi connectivity index (χ1n) is 7.19. The van der Waals surface area contributed by atoms with Crippen molar-refractivity contribution in [1.82, 2.24) is 5.32 Å². The van der Waals surface area contributed by atoms with Crippen LogP contribution in [-0.4, -0.2) is 12.5 Å². The molecule has 0 aliphatic rings. The van der Waals surface area contributed by atoms with Crippen LogP contribution in [0.4, 0.5) is 18.9 Å². The zero-order valence-corrected chi connectivity index (χ0v) is 13.6. The van der Waals surface area contributed by atoms with E-state index in [-0.39, 0.29) is 23.2 Å². The van der Waals surface area contributed by atoms with Gasteiger partial charge in [-0.05, 0) is 36.2 Å². The van der Waals surface area contributed by atoms with Crippen LogP contribution in [0.15, 0.2) is 42.5 Å². The Morgan fingerprint density at radius 1 is 1.17 bits per heavy atom. The lowest BCUT2D eigenvalue weighted by Crippen LogP contribution is -2.29. The molecular formula is C17H16ClF3N2O. The molecule has 2 N–H and O–H groups in total. The van der Waals surface area contributed by atoms with E-state index in [9.17, 15) is 18.0 Å². The number of carbonyl (C=O) groups is 1. The number of rotatable bonds is 5. The van der Waals surface area contributed by atoms with Gasteiger partial charge in [0.1, 0.15) is 0 Å². The maximum Gasteiger partial charge on any atom is 0.417 e. The number of amides is 1. The van der Waals surface area contributed by atoms with E-state index in [1.54, 1.807) is 0 Å². The van der Waals surface area contributed by atoms with Crippen LogP contribution in [0.5, 0.6) is 0 Å². The van der Waals surface area contributed by atoms with Crippen molar-refractivity contribution in [3.63, 3.8) is 0 Å². The van der Waals surface area contributed by atoms with E-state index in [1.807, 2.05) is 31.2 Å². The van der Waals surface area contributed by atoms with Gasteiger partial charge in [0.15, 0.2) is 0 Å². The van der Waals surface area contributed by atoms with Crippen LogP contribution in [0.1, 0.15) is 16.7 Å². The lowest BCUT2D eigenvalue weighted by molar-refractivity contribution is -0.137. The Morgan fingerprint density at radius 3 is 2.54 bits per heavy atom. The molecule has 2 rings (SSSR count). The Bertz CT molecular complexity index is 732. The minimum atomic E-state index is -4.54. The molecule has 0 saturated carbocycles. The van der Waals surface area contributed by atoms with Crippen molar-refractivity contribution in [3.05, 3.63) is 64.2 Å². The fourth-order valence-electron chi connectivity index (χ4n) is 2.10. The predicted octanol–water partition coefficient (Wildman–Crippen LogP) is 4.40. The fraction of sp³-hybridized carbons (Fsp3) is 0.235. The summed E-state index contributed by atoms with van der Waals surface area (Å²) in [7, 11) is 0. The molecule has 0 heterocycles. The van der Waals surface area contributed by atoms with Crippen molar-refractivity contribution in [1.29, 1.82) is 0 Å². The van der Waals surface area contributed by atoms with Gasteiger partial charge in [0.2, 0.25) is 5.91 Å². The third-order valence-electron chi connectivity index (χ3n) is 3.46. The number of aryl methyl sites for hydroxylation is 1. The molecule has 1 amide bonds. The Labute approximate surface area is 142 Å². The summed E-state index contributed by atoms with van der Waals surface area (Å²) in [4.78, 5) is 11.8. The van der Waals surface area contributed by atoms with Crippen LogP contribution in [0.2, 0.25) is 5.02 Å². The van der Waals surface area contributed by atoms with Crippen LogP contribution in [-0.2, 0) is 17.5 Å². The van der Waals surface area contributed by atoms with Crippen molar-refractivity contribution in [2.24, 2.45) is 0 Å². The number of alkyl halides is 3. The summed E-state index contributed by atoms with van der Waals surface area (Å²) in [5, 5.41) is 5.00. The van der Waals surface area contributed by atoms with Crippen LogP contribution in [0, 0.1) is 6.92 Å². The lowest BCUT2D eigenvalue weighted by atomic mass is 10.1. The van der Waals surface area contributed by atoms with Gasteiger partial charge in [-0.1, -0.05) is 35.9 Å². The molecule has 3 nitrogen and oxygen atoms in total. The second kappa shape index (κ2) is 7.57. The second-order valence-electron chi connectivity index (χ2n) is 5.25. The average Bonchev–Trinajstić information content (AvgIpc) is 2.52. The van der Waals surface area contributed by atoms with E-state index in [1.165, 1.54) is 6.07 Å². The highest BCUT2D eigenvalue weighted by atomic mass is 35.5. The first-order chi connectivity index (χ1) is 11.3. The molecule has 0 aliphatic carbocycles. The number of hydrogen-bond donors (Lipinski definition) is 2. The molecule has 128 valence electrons. The molecule has 0 atom stereocenters. The molecule has 0 aromatic heterocycles. The van der Waals surface area contributed by atoms with Crippen molar-refractivity contribution in [3.8, 4) is 0 Å². The Balaban J connectivity index is 1.91. The zero-order valence-electron chi connectivity index (χ0n) is 12.9. The molecule has 0 spiro atoms. The van der Waals surface area contributed by atoms with E-state index < -0.39 is 11.7 Å². The summed E-state index contributed by atoms with van der Waals surface area (Å²) in [5.74, 6) is -0.318. The number of benzene rings is 2. The van der Waals surface area contributed by atoms with Crippen LogP contribution in [0.25, 0.3) is 0 Å². The van der Waals surface area contributed by atoms with Gasteiger partial charge in [0.05, 0.1) is 17.1 Å². The summed E-state index contributed by atoms with van der Waals surface area (Å²) in [6.07, 6.45) is -4.54. The van der Waals surface area contributed by atoms with Crippen molar-refractivity contribution < 1.29 is 18.0 Å². The second-order valence-corrected chi connectivity index (χ2v) is 5.66. The highest BCUT2D eigenvalue weighted by Crippen LogP contribution is 2.36. The third-order valence-corrected chi connectivity index (χ3v) is 3.79.